The van der Waals surface area contributed by atoms with Crippen molar-refractivity contribution in [1.82, 2.24) is 9.97 Å². The number of nitrogens with two attached hydrogens (primary N) is 1. The molecule has 3 rings (SSSR count). The molecule has 5 heteroatoms. The molecule has 19 heavy (non-hydrogen) atoms. The van der Waals surface area contributed by atoms with E-state index in [1.54, 1.807) is 12.4 Å². The molecule has 4 N–H and O–H groups in total. The van der Waals surface area contributed by atoms with Crippen molar-refractivity contribution in [2.45, 2.75) is 25.3 Å². The van der Waals surface area contributed by atoms with Gasteiger partial charge in [0.15, 0.2) is 5.82 Å². The largest absolute Gasteiger partial charge is 0.362 e. The summed E-state index contributed by atoms with van der Waals surface area (Å²) in [6, 6.07) is 8.87. The van der Waals surface area contributed by atoms with Crippen molar-refractivity contribution < 1.29 is 0 Å². The molecule has 1 aliphatic rings. The first-order valence-electron chi connectivity index (χ1n) is 6.50. The zero-order chi connectivity index (χ0) is 13.1. The van der Waals surface area contributed by atoms with Crippen LogP contribution in [-0.4, -0.2) is 9.97 Å². The Bertz CT molecular complexity index is 569. The van der Waals surface area contributed by atoms with Crippen LogP contribution in [0.25, 0.3) is 0 Å². The highest BCUT2D eigenvalue weighted by Crippen LogP contribution is 2.31. The fourth-order valence-electron chi connectivity index (χ4n) is 2.59. The van der Waals surface area contributed by atoms with Gasteiger partial charge in [-0.2, -0.15) is 0 Å². The Balaban J connectivity index is 1.84. The van der Waals surface area contributed by atoms with Gasteiger partial charge in [0.25, 0.3) is 0 Å². The Hall–Kier alpha value is -2.14. The number of anilines is 2. The molecule has 1 aromatic heterocycles. The van der Waals surface area contributed by atoms with Crippen molar-refractivity contribution in [2.75, 3.05) is 10.7 Å². The lowest BCUT2D eigenvalue weighted by molar-refractivity contribution is 0.598. The zero-order valence-electron chi connectivity index (χ0n) is 10.6. The summed E-state index contributed by atoms with van der Waals surface area (Å²) < 4.78 is 0. The molecule has 2 aromatic rings. The van der Waals surface area contributed by atoms with Crippen molar-refractivity contribution in [1.29, 1.82) is 0 Å². The van der Waals surface area contributed by atoms with Crippen LogP contribution in [0.4, 0.5) is 11.6 Å². The van der Waals surface area contributed by atoms with Crippen LogP contribution in [0.15, 0.2) is 36.7 Å². The Labute approximate surface area is 112 Å². The molecule has 5 nitrogen and oxygen atoms in total. The van der Waals surface area contributed by atoms with Gasteiger partial charge in [-0.1, -0.05) is 24.3 Å². The Kier molecular flexibility index (Phi) is 3.29. The molecule has 1 aromatic carbocycles. The van der Waals surface area contributed by atoms with E-state index in [0.717, 1.165) is 18.7 Å². The summed E-state index contributed by atoms with van der Waals surface area (Å²) in [4.78, 5) is 8.46. The molecule has 0 saturated heterocycles. The SMILES string of the molecule is NNc1cncc(NC2CCCc3ccccc32)n1. The van der Waals surface area contributed by atoms with Crippen molar-refractivity contribution in [3.63, 3.8) is 0 Å². The monoisotopic (exact) mass is 255 g/mol. The third kappa shape index (κ3) is 2.51. The van der Waals surface area contributed by atoms with E-state index in [1.807, 2.05) is 0 Å². The van der Waals surface area contributed by atoms with E-state index in [-0.39, 0.29) is 0 Å². The molecule has 0 bridgehead atoms. The van der Waals surface area contributed by atoms with Crippen molar-refractivity contribution in [3.8, 4) is 0 Å². The molecule has 0 radical (unpaired) electrons. The van der Waals surface area contributed by atoms with Gasteiger partial charge in [-0.05, 0) is 30.4 Å². The van der Waals surface area contributed by atoms with E-state index in [2.05, 4.69) is 45.0 Å². The molecular weight excluding hydrogens is 238 g/mol. The molecule has 1 heterocycles. The summed E-state index contributed by atoms with van der Waals surface area (Å²) >= 11 is 0. The minimum absolute atomic E-state index is 0.298. The summed E-state index contributed by atoms with van der Waals surface area (Å²) in [6.07, 6.45) is 6.78. The van der Waals surface area contributed by atoms with Gasteiger partial charge >= 0.3 is 0 Å². The van der Waals surface area contributed by atoms with Crippen molar-refractivity contribution in [3.05, 3.63) is 47.8 Å². The lowest BCUT2D eigenvalue weighted by Crippen LogP contribution is -2.18. The van der Waals surface area contributed by atoms with Crippen LogP contribution in [0.3, 0.4) is 0 Å². The van der Waals surface area contributed by atoms with Crippen molar-refractivity contribution in [2.24, 2.45) is 5.84 Å². The van der Waals surface area contributed by atoms with Gasteiger partial charge in [0.1, 0.15) is 5.82 Å². The lowest BCUT2D eigenvalue weighted by atomic mass is 9.88. The molecule has 98 valence electrons. The highest BCUT2D eigenvalue weighted by atomic mass is 15.3. The molecule has 0 fully saturated rings. The van der Waals surface area contributed by atoms with Gasteiger partial charge < -0.3 is 10.7 Å². The average molecular weight is 255 g/mol. The third-order valence-electron chi connectivity index (χ3n) is 3.47. The maximum absolute atomic E-state index is 5.35. The molecule has 0 saturated carbocycles. The highest BCUT2D eigenvalue weighted by molar-refractivity contribution is 5.44. The quantitative estimate of drug-likeness (QED) is 0.579. The first-order valence-corrected chi connectivity index (χ1v) is 6.50. The Morgan fingerprint density at radius 3 is 2.89 bits per heavy atom. The minimum Gasteiger partial charge on any atom is -0.362 e. The van der Waals surface area contributed by atoms with Gasteiger partial charge in [-0.25, -0.2) is 10.8 Å². The molecule has 0 spiro atoms. The number of nitrogen functional groups attached to an aromatic ring is 1. The van der Waals surface area contributed by atoms with E-state index in [4.69, 9.17) is 5.84 Å². The van der Waals surface area contributed by atoms with Gasteiger partial charge in [0.2, 0.25) is 0 Å². The number of nitrogens with zero attached hydrogens (tertiary/aromatic N) is 2. The molecular formula is C14H17N5. The van der Waals surface area contributed by atoms with Crippen LogP contribution in [0.2, 0.25) is 0 Å². The van der Waals surface area contributed by atoms with E-state index in [9.17, 15) is 0 Å². The maximum Gasteiger partial charge on any atom is 0.160 e. The standard InChI is InChI=1S/C14H17N5/c15-19-14-9-16-8-13(18-14)17-12-7-3-5-10-4-1-2-6-11(10)12/h1-2,4,6,8-9,12H,3,5,7,15H2,(H2,17,18,19). The van der Waals surface area contributed by atoms with E-state index >= 15 is 0 Å². The number of hydrogen-bond donors (Lipinski definition) is 3. The lowest BCUT2D eigenvalue weighted by Gasteiger charge is -2.26. The first-order chi connectivity index (χ1) is 9.36. The second-order valence-corrected chi connectivity index (χ2v) is 4.72. The second kappa shape index (κ2) is 5.24. The van der Waals surface area contributed by atoms with E-state index in [1.165, 1.54) is 17.5 Å². The number of rotatable bonds is 3. The molecule has 0 amide bonds. The van der Waals surface area contributed by atoms with Crippen LogP contribution in [0.1, 0.15) is 30.0 Å². The topological polar surface area (TPSA) is 75.9 Å². The first kappa shape index (κ1) is 11.9. The number of hydrazine groups is 1. The van der Waals surface area contributed by atoms with Crippen LogP contribution in [0, 0.1) is 0 Å². The Morgan fingerprint density at radius 2 is 2.00 bits per heavy atom. The Morgan fingerprint density at radius 1 is 1.16 bits per heavy atom. The number of aryl methyl sites for hydroxylation is 1. The summed E-state index contributed by atoms with van der Waals surface area (Å²) in [5.41, 5.74) is 5.30. The number of hydrogen-bond acceptors (Lipinski definition) is 5. The van der Waals surface area contributed by atoms with Gasteiger partial charge in [-0.15, -0.1) is 0 Å². The molecule has 1 atom stereocenters. The number of nitrogens with one attached hydrogen (secondary N) is 2. The van der Waals surface area contributed by atoms with Crippen LogP contribution in [0.5, 0.6) is 0 Å². The van der Waals surface area contributed by atoms with Crippen molar-refractivity contribution >= 4 is 11.6 Å². The second-order valence-electron chi connectivity index (χ2n) is 4.72. The van der Waals surface area contributed by atoms with Gasteiger partial charge in [-0.3, -0.25) is 4.98 Å². The fraction of sp³-hybridized carbons (Fsp3) is 0.286. The van der Waals surface area contributed by atoms with Gasteiger partial charge in [0, 0.05) is 0 Å². The van der Waals surface area contributed by atoms with E-state index < -0.39 is 0 Å². The number of benzene rings is 1. The normalized spacial score (nSPS) is 17.6. The smallest absolute Gasteiger partial charge is 0.160 e. The maximum atomic E-state index is 5.35. The molecule has 1 unspecified atom stereocenters. The molecule has 0 aliphatic heterocycles. The third-order valence-corrected chi connectivity index (χ3v) is 3.47. The zero-order valence-corrected chi connectivity index (χ0v) is 10.6. The van der Waals surface area contributed by atoms with Gasteiger partial charge in [0.05, 0.1) is 18.4 Å². The number of fused-ring (bicyclic) bond motifs is 1. The minimum atomic E-state index is 0.298. The van der Waals surface area contributed by atoms with E-state index in [0.29, 0.717) is 11.9 Å². The summed E-state index contributed by atoms with van der Waals surface area (Å²) in [6.45, 7) is 0. The molecule has 1 aliphatic carbocycles. The van der Waals surface area contributed by atoms with Crippen LogP contribution in [-0.2, 0) is 6.42 Å². The predicted molar refractivity (Wildman–Crippen MR) is 75.6 cm³/mol. The fourth-order valence-corrected chi connectivity index (χ4v) is 2.59. The highest BCUT2D eigenvalue weighted by Gasteiger charge is 2.19. The van der Waals surface area contributed by atoms with Crippen LogP contribution >= 0.6 is 0 Å². The summed E-state index contributed by atoms with van der Waals surface area (Å²) in [5, 5.41) is 3.44. The average Bonchev–Trinajstić information content (AvgIpc) is 2.48. The summed E-state index contributed by atoms with van der Waals surface area (Å²) in [7, 11) is 0. The van der Waals surface area contributed by atoms with Crippen LogP contribution < -0.4 is 16.6 Å². The predicted octanol–water partition coefficient (Wildman–Crippen LogP) is 2.25. The summed E-state index contributed by atoms with van der Waals surface area (Å²) in [5.74, 6) is 6.66. The number of aromatic nitrogens is 2.